The minimum absolute atomic E-state index is 0.0563. The number of anilines is 1. The first-order valence-electron chi connectivity index (χ1n) is 10.6. The normalized spacial score (nSPS) is 15.1. The van der Waals surface area contributed by atoms with E-state index in [9.17, 15) is 13.2 Å². The summed E-state index contributed by atoms with van der Waals surface area (Å²) in [6.07, 6.45) is 6.01. The standard InChI is InChI=1S/C23H29BrN2O4S/c1-3-15-30-22-14-9-17(16-21(22)24)23(27)25-18-10-12-20(13-11-18)31(28,29)26(2)19-7-5-4-6-8-19/h9-14,16,19H,3-8,15H2,1-2H3,(H,25,27). The van der Waals surface area contributed by atoms with Crippen LogP contribution in [-0.2, 0) is 10.0 Å². The fourth-order valence-corrected chi connectivity index (χ4v) is 5.60. The molecular formula is C23H29BrN2O4S. The Hall–Kier alpha value is -1.90. The Labute approximate surface area is 193 Å². The summed E-state index contributed by atoms with van der Waals surface area (Å²) in [7, 11) is -1.89. The smallest absolute Gasteiger partial charge is 0.255 e. The zero-order chi connectivity index (χ0) is 22.4. The number of halogens is 1. The van der Waals surface area contributed by atoms with Gasteiger partial charge in [0.25, 0.3) is 5.91 Å². The lowest BCUT2D eigenvalue weighted by atomic mass is 9.96. The van der Waals surface area contributed by atoms with E-state index in [0.717, 1.165) is 32.1 Å². The van der Waals surface area contributed by atoms with Gasteiger partial charge in [0.2, 0.25) is 10.0 Å². The second-order valence-corrected chi connectivity index (χ2v) is 10.6. The quantitative estimate of drug-likeness (QED) is 0.514. The molecule has 0 aromatic heterocycles. The minimum Gasteiger partial charge on any atom is -0.492 e. The second-order valence-electron chi connectivity index (χ2n) is 7.79. The molecule has 0 spiro atoms. The van der Waals surface area contributed by atoms with Crippen molar-refractivity contribution in [3.8, 4) is 5.75 Å². The SMILES string of the molecule is CCCOc1ccc(C(=O)Nc2ccc(S(=O)(=O)N(C)C3CCCCC3)cc2)cc1Br. The molecule has 0 heterocycles. The maximum atomic E-state index is 13.0. The Morgan fingerprint density at radius 2 is 1.81 bits per heavy atom. The van der Waals surface area contributed by atoms with E-state index < -0.39 is 10.0 Å². The van der Waals surface area contributed by atoms with Gasteiger partial charge in [-0.3, -0.25) is 4.79 Å². The maximum Gasteiger partial charge on any atom is 0.255 e. The van der Waals surface area contributed by atoms with Crippen LogP contribution in [0, 0.1) is 0 Å². The summed E-state index contributed by atoms with van der Waals surface area (Å²) in [5, 5.41) is 2.81. The number of nitrogens with zero attached hydrogens (tertiary/aromatic N) is 1. The molecule has 0 bridgehead atoms. The Balaban J connectivity index is 1.67. The van der Waals surface area contributed by atoms with Crippen molar-refractivity contribution in [1.82, 2.24) is 4.31 Å². The summed E-state index contributed by atoms with van der Waals surface area (Å²) in [5.74, 6) is 0.410. The van der Waals surface area contributed by atoms with Crippen molar-refractivity contribution >= 4 is 37.5 Å². The Morgan fingerprint density at radius 3 is 2.42 bits per heavy atom. The Morgan fingerprint density at radius 1 is 1.13 bits per heavy atom. The zero-order valence-corrected chi connectivity index (χ0v) is 20.3. The van der Waals surface area contributed by atoms with Gasteiger partial charge in [-0.2, -0.15) is 4.31 Å². The third-order valence-electron chi connectivity index (χ3n) is 5.53. The highest BCUT2D eigenvalue weighted by Gasteiger charge is 2.28. The fourth-order valence-electron chi connectivity index (χ4n) is 3.69. The molecule has 2 aromatic rings. The van der Waals surface area contributed by atoms with Gasteiger partial charge in [-0.05, 0) is 77.7 Å². The van der Waals surface area contributed by atoms with Crippen LogP contribution in [0.25, 0.3) is 0 Å². The molecule has 0 unspecified atom stereocenters. The highest BCUT2D eigenvalue weighted by Crippen LogP contribution is 2.28. The number of sulfonamides is 1. The molecule has 0 saturated heterocycles. The molecule has 1 amide bonds. The molecule has 3 rings (SSSR count). The molecule has 8 heteroatoms. The van der Waals surface area contributed by atoms with E-state index in [4.69, 9.17) is 4.74 Å². The number of hydrogen-bond donors (Lipinski definition) is 1. The van der Waals surface area contributed by atoms with Crippen molar-refractivity contribution in [2.24, 2.45) is 0 Å². The number of carbonyl (C=O) groups is 1. The van der Waals surface area contributed by atoms with Crippen molar-refractivity contribution in [3.63, 3.8) is 0 Å². The fraction of sp³-hybridized carbons (Fsp3) is 0.435. The number of hydrogen-bond acceptors (Lipinski definition) is 4. The third kappa shape index (κ3) is 5.87. The van der Waals surface area contributed by atoms with Crippen molar-refractivity contribution in [2.45, 2.75) is 56.4 Å². The van der Waals surface area contributed by atoms with Crippen molar-refractivity contribution in [3.05, 3.63) is 52.5 Å². The summed E-state index contributed by atoms with van der Waals surface area (Å²) in [6.45, 7) is 2.63. The average molecular weight is 509 g/mol. The van der Waals surface area contributed by atoms with Gasteiger partial charge in [-0.1, -0.05) is 26.2 Å². The van der Waals surface area contributed by atoms with Crippen LogP contribution in [0.15, 0.2) is 51.8 Å². The van der Waals surface area contributed by atoms with Crippen LogP contribution >= 0.6 is 15.9 Å². The van der Waals surface area contributed by atoms with Gasteiger partial charge in [0, 0.05) is 24.3 Å². The molecule has 1 saturated carbocycles. The van der Waals surface area contributed by atoms with Crippen LogP contribution in [-0.4, -0.2) is 38.3 Å². The summed E-state index contributed by atoms with van der Waals surface area (Å²) < 4.78 is 33.7. The molecule has 2 aromatic carbocycles. The average Bonchev–Trinajstić information content (AvgIpc) is 2.78. The summed E-state index contributed by atoms with van der Waals surface area (Å²) >= 11 is 3.43. The molecule has 168 valence electrons. The van der Waals surface area contributed by atoms with Gasteiger partial charge < -0.3 is 10.1 Å². The Kier molecular flexibility index (Phi) is 8.13. The van der Waals surface area contributed by atoms with Crippen LogP contribution in [0.1, 0.15) is 55.8 Å². The number of carbonyl (C=O) groups excluding carboxylic acids is 1. The number of amides is 1. The van der Waals surface area contributed by atoms with Crippen molar-refractivity contribution in [2.75, 3.05) is 19.0 Å². The topological polar surface area (TPSA) is 75.7 Å². The van der Waals surface area contributed by atoms with E-state index in [0.29, 0.717) is 28.1 Å². The number of benzene rings is 2. The molecule has 6 nitrogen and oxygen atoms in total. The number of ether oxygens (including phenoxy) is 1. The van der Waals surface area contributed by atoms with Gasteiger partial charge in [-0.25, -0.2) is 8.42 Å². The molecule has 1 fully saturated rings. The molecule has 1 aliphatic carbocycles. The number of nitrogens with one attached hydrogen (secondary N) is 1. The van der Waals surface area contributed by atoms with Gasteiger partial charge >= 0.3 is 0 Å². The molecule has 0 atom stereocenters. The largest absolute Gasteiger partial charge is 0.492 e. The van der Waals surface area contributed by atoms with Crippen LogP contribution < -0.4 is 10.1 Å². The maximum absolute atomic E-state index is 13.0. The van der Waals surface area contributed by atoms with E-state index in [1.165, 1.54) is 10.7 Å². The van der Waals surface area contributed by atoms with E-state index >= 15 is 0 Å². The van der Waals surface area contributed by atoms with Gasteiger partial charge in [-0.15, -0.1) is 0 Å². The number of rotatable bonds is 8. The van der Waals surface area contributed by atoms with E-state index in [1.54, 1.807) is 49.5 Å². The molecule has 31 heavy (non-hydrogen) atoms. The Bertz CT molecular complexity index is 1000. The van der Waals surface area contributed by atoms with E-state index in [1.807, 2.05) is 6.92 Å². The predicted molar refractivity (Wildman–Crippen MR) is 126 cm³/mol. The first-order chi connectivity index (χ1) is 14.8. The van der Waals surface area contributed by atoms with Crippen LogP contribution in [0.5, 0.6) is 5.75 Å². The van der Waals surface area contributed by atoms with Crippen LogP contribution in [0.2, 0.25) is 0 Å². The lowest BCUT2D eigenvalue weighted by Crippen LogP contribution is -2.38. The minimum atomic E-state index is -3.55. The molecule has 1 aliphatic rings. The van der Waals surface area contributed by atoms with Gasteiger partial charge in [0.1, 0.15) is 5.75 Å². The lowest BCUT2D eigenvalue weighted by Gasteiger charge is -2.30. The van der Waals surface area contributed by atoms with E-state index in [-0.39, 0.29) is 16.8 Å². The molecule has 1 N–H and O–H groups in total. The van der Waals surface area contributed by atoms with Crippen LogP contribution in [0.4, 0.5) is 5.69 Å². The van der Waals surface area contributed by atoms with Gasteiger partial charge in [0.05, 0.1) is 16.0 Å². The monoisotopic (exact) mass is 508 g/mol. The molecule has 0 radical (unpaired) electrons. The lowest BCUT2D eigenvalue weighted by molar-refractivity contribution is 0.102. The first kappa shape index (κ1) is 23.8. The van der Waals surface area contributed by atoms with E-state index in [2.05, 4.69) is 21.2 Å². The highest BCUT2D eigenvalue weighted by molar-refractivity contribution is 9.10. The van der Waals surface area contributed by atoms with Crippen molar-refractivity contribution < 1.29 is 17.9 Å². The predicted octanol–water partition coefficient (Wildman–Crippen LogP) is 5.44. The molecular weight excluding hydrogens is 480 g/mol. The second kappa shape index (κ2) is 10.6. The zero-order valence-electron chi connectivity index (χ0n) is 17.9. The summed E-state index contributed by atoms with van der Waals surface area (Å²) in [4.78, 5) is 12.8. The summed E-state index contributed by atoms with van der Waals surface area (Å²) in [5.41, 5.74) is 1.01. The van der Waals surface area contributed by atoms with Crippen molar-refractivity contribution in [1.29, 1.82) is 0 Å². The summed E-state index contributed by atoms with van der Waals surface area (Å²) in [6, 6.07) is 11.5. The first-order valence-corrected chi connectivity index (χ1v) is 12.9. The molecule has 0 aliphatic heterocycles. The van der Waals surface area contributed by atoms with Crippen LogP contribution in [0.3, 0.4) is 0 Å². The third-order valence-corrected chi connectivity index (χ3v) is 8.08. The van der Waals surface area contributed by atoms with Gasteiger partial charge in [0.15, 0.2) is 0 Å². The highest BCUT2D eigenvalue weighted by atomic mass is 79.9.